The third kappa shape index (κ3) is 4.07. The fourth-order valence-corrected chi connectivity index (χ4v) is 1.94. The van der Waals surface area contributed by atoms with Gasteiger partial charge in [-0.3, -0.25) is 9.59 Å². The van der Waals surface area contributed by atoms with Crippen molar-refractivity contribution in [2.75, 3.05) is 13.7 Å². The molecule has 0 aromatic carbocycles. The third-order valence-electron chi connectivity index (χ3n) is 2.69. The molecule has 6 nitrogen and oxygen atoms in total. The number of methoxy groups -OCH3 is 1. The van der Waals surface area contributed by atoms with Gasteiger partial charge in [0.1, 0.15) is 24.7 Å². The Morgan fingerprint density at radius 2 is 1.80 bits per heavy atom. The van der Waals surface area contributed by atoms with Crippen LogP contribution in [0.15, 0.2) is 0 Å². The number of ether oxygens (including phenoxy) is 4. The molecule has 0 unspecified atom stereocenters. The van der Waals surface area contributed by atoms with Crippen molar-refractivity contribution in [3.63, 3.8) is 0 Å². The van der Waals surface area contributed by atoms with Crippen LogP contribution in [0.25, 0.3) is 0 Å². The molecule has 0 radical (unpaired) electrons. The van der Waals surface area contributed by atoms with E-state index in [2.05, 4.69) is 14.2 Å². The number of carbonyl (C=O) groups is 2. The monoisotopic (exact) mass is 300 g/mol. The molecule has 1 aliphatic rings. The van der Waals surface area contributed by atoms with E-state index in [-0.39, 0.29) is 0 Å². The summed E-state index contributed by atoms with van der Waals surface area (Å²) < 4.78 is 58.0. The molecule has 9 heteroatoms. The van der Waals surface area contributed by atoms with Gasteiger partial charge in [0.25, 0.3) is 0 Å². The highest BCUT2D eigenvalue weighted by Crippen LogP contribution is 2.41. The van der Waals surface area contributed by atoms with E-state index in [9.17, 15) is 22.8 Å². The van der Waals surface area contributed by atoms with Gasteiger partial charge in [0, 0.05) is 21.0 Å². The minimum Gasteiger partial charge on any atom is -0.463 e. The Morgan fingerprint density at radius 3 is 2.20 bits per heavy atom. The molecule has 116 valence electrons. The summed E-state index contributed by atoms with van der Waals surface area (Å²) in [5.74, 6) is -3.71. The summed E-state index contributed by atoms with van der Waals surface area (Å²) in [6.45, 7) is 1.63. The van der Waals surface area contributed by atoms with E-state index in [4.69, 9.17) is 4.74 Å². The van der Waals surface area contributed by atoms with Gasteiger partial charge in [-0.1, -0.05) is 0 Å². The van der Waals surface area contributed by atoms with Gasteiger partial charge < -0.3 is 18.9 Å². The zero-order chi connectivity index (χ0) is 15.5. The summed E-state index contributed by atoms with van der Waals surface area (Å²) in [6, 6.07) is 0. The highest BCUT2D eigenvalue weighted by atomic mass is 19.4. The van der Waals surface area contributed by atoms with Crippen molar-refractivity contribution in [3.05, 3.63) is 0 Å². The van der Waals surface area contributed by atoms with Gasteiger partial charge in [-0.05, 0) is 0 Å². The summed E-state index contributed by atoms with van der Waals surface area (Å²) in [5.41, 5.74) is 0. The van der Waals surface area contributed by atoms with E-state index >= 15 is 0 Å². The molecular formula is C11H15F3O6. The van der Waals surface area contributed by atoms with Crippen LogP contribution in [-0.2, 0) is 28.5 Å². The molecule has 1 saturated heterocycles. The Morgan fingerprint density at radius 1 is 1.20 bits per heavy atom. The number of hydrogen-bond donors (Lipinski definition) is 0. The number of rotatable bonds is 4. The van der Waals surface area contributed by atoms with E-state index in [1.807, 2.05) is 0 Å². The van der Waals surface area contributed by atoms with Crippen LogP contribution in [0, 0.1) is 5.92 Å². The normalized spacial score (nSPS) is 30.1. The number of carbonyl (C=O) groups excluding carboxylic acids is 2. The molecule has 0 amide bonds. The Bertz CT molecular complexity index is 370. The lowest BCUT2D eigenvalue weighted by molar-refractivity contribution is -0.241. The molecule has 1 heterocycles. The summed E-state index contributed by atoms with van der Waals surface area (Å²) in [7, 11) is 1.04. The molecule has 0 aliphatic carbocycles. The van der Waals surface area contributed by atoms with Crippen LogP contribution in [0.1, 0.15) is 13.8 Å². The Kier molecular flexibility index (Phi) is 5.35. The first-order valence-electron chi connectivity index (χ1n) is 5.72. The van der Waals surface area contributed by atoms with Crippen LogP contribution in [0.5, 0.6) is 0 Å². The van der Waals surface area contributed by atoms with Crippen LogP contribution >= 0.6 is 0 Å². The number of halogens is 3. The van der Waals surface area contributed by atoms with Gasteiger partial charge in [-0.15, -0.1) is 0 Å². The zero-order valence-electron chi connectivity index (χ0n) is 11.1. The lowest BCUT2D eigenvalue weighted by Gasteiger charge is -2.24. The van der Waals surface area contributed by atoms with Crippen molar-refractivity contribution in [3.8, 4) is 0 Å². The van der Waals surface area contributed by atoms with Gasteiger partial charge >= 0.3 is 18.1 Å². The average Bonchev–Trinajstić information content (AvgIpc) is 2.63. The second-order valence-corrected chi connectivity index (χ2v) is 4.22. The fourth-order valence-electron chi connectivity index (χ4n) is 1.94. The quantitative estimate of drug-likeness (QED) is 0.722. The van der Waals surface area contributed by atoms with Crippen molar-refractivity contribution in [2.45, 2.75) is 38.5 Å². The first-order chi connectivity index (χ1) is 9.16. The lowest BCUT2D eigenvalue weighted by atomic mass is 10.00. The largest absolute Gasteiger partial charge is 0.463 e. The van der Waals surface area contributed by atoms with Crippen LogP contribution in [0.2, 0.25) is 0 Å². The Balaban J connectivity index is 2.93. The minimum absolute atomic E-state index is 0.459. The van der Waals surface area contributed by atoms with Crippen molar-refractivity contribution >= 4 is 11.9 Å². The Hall–Kier alpha value is -1.35. The van der Waals surface area contributed by atoms with Gasteiger partial charge in [-0.2, -0.15) is 13.2 Å². The molecule has 1 fully saturated rings. The molecule has 4 atom stereocenters. The van der Waals surface area contributed by atoms with Crippen LogP contribution < -0.4 is 0 Å². The van der Waals surface area contributed by atoms with Crippen molar-refractivity contribution in [1.29, 1.82) is 0 Å². The van der Waals surface area contributed by atoms with E-state index in [1.54, 1.807) is 0 Å². The zero-order valence-corrected chi connectivity index (χ0v) is 11.1. The molecule has 0 N–H and O–H groups in total. The minimum atomic E-state index is -4.69. The van der Waals surface area contributed by atoms with E-state index in [0.717, 1.165) is 21.0 Å². The van der Waals surface area contributed by atoms with Gasteiger partial charge in [0.05, 0.1) is 0 Å². The first kappa shape index (κ1) is 16.7. The Labute approximate surface area is 113 Å². The maximum atomic E-state index is 13.0. The number of alkyl halides is 3. The summed E-state index contributed by atoms with van der Waals surface area (Å²) >= 11 is 0. The molecule has 0 spiro atoms. The smallest absolute Gasteiger partial charge is 0.400 e. The predicted octanol–water partition coefficient (Wildman–Crippen LogP) is 1.03. The number of hydrogen-bond acceptors (Lipinski definition) is 6. The van der Waals surface area contributed by atoms with Crippen LogP contribution in [-0.4, -0.2) is 50.3 Å². The van der Waals surface area contributed by atoms with E-state index in [1.165, 1.54) is 0 Å². The SMILES string of the molecule is CO[C@H]1O[C@H](COC(C)=O)[C@@H](OC(C)=O)[C@H]1C(F)(F)F. The third-order valence-corrected chi connectivity index (χ3v) is 2.69. The lowest BCUT2D eigenvalue weighted by Crippen LogP contribution is -2.43. The van der Waals surface area contributed by atoms with E-state index in [0.29, 0.717) is 0 Å². The number of esters is 2. The topological polar surface area (TPSA) is 71.1 Å². The average molecular weight is 300 g/mol. The van der Waals surface area contributed by atoms with Gasteiger partial charge in [0.15, 0.2) is 6.29 Å². The van der Waals surface area contributed by atoms with Gasteiger partial charge in [0.2, 0.25) is 0 Å². The summed E-state index contributed by atoms with van der Waals surface area (Å²) in [5, 5.41) is 0. The first-order valence-corrected chi connectivity index (χ1v) is 5.72. The van der Waals surface area contributed by atoms with Crippen molar-refractivity contribution in [2.24, 2.45) is 5.92 Å². The van der Waals surface area contributed by atoms with Crippen LogP contribution in [0.4, 0.5) is 13.2 Å². The van der Waals surface area contributed by atoms with Crippen molar-refractivity contribution in [1.82, 2.24) is 0 Å². The van der Waals surface area contributed by atoms with Crippen LogP contribution in [0.3, 0.4) is 0 Å². The molecule has 20 heavy (non-hydrogen) atoms. The molecule has 0 aromatic rings. The predicted molar refractivity (Wildman–Crippen MR) is 57.4 cm³/mol. The summed E-state index contributed by atoms with van der Waals surface area (Å²) in [6.07, 6.45) is -9.18. The molecule has 1 aliphatic heterocycles. The summed E-state index contributed by atoms with van der Waals surface area (Å²) in [4.78, 5) is 21.7. The second-order valence-electron chi connectivity index (χ2n) is 4.22. The highest BCUT2D eigenvalue weighted by Gasteiger charge is 2.60. The molecule has 0 aromatic heterocycles. The maximum absolute atomic E-state index is 13.0. The van der Waals surface area contributed by atoms with Gasteiger partial charge in [-0.25, -0.2) is 0 Å². The molecule has 0 saturated carbocycles. The fraction of sp³-hybridized carbons (Fsp3) is 0.818. The standard InChI is InChI=1S/C11H15F3O6/c1-5(15)18-4-7-9(19-6(2)16)8(11(12,13)14)10(17-3)20-7/h7-10H,4H2,1-3H3/t7-,8-,9-,10+/m1/s1. The molecule has 1 rings (SSSR count). The molecular weight excluding hydrogens is 285 g/mol. The van der Waals surface area contributed by atoms with E-state index < -0.39 is 49.1 Å². The van der Waals surface area contributed by atoms with Crippen molar-refractivity contribution < 1.29 is 41.7 Å². The molecule has 0 bridgehead atoms. The highest BCUT2D eigenvalue weighted by molar-refractivity contribution is 5.66. The maximum Gasteiger partial charge on any atom is 0.400 e. The second kappa shape index (κ2) is 6.40.